The van der Waals surface area contributed by atoms with E-state index in [2.05, 4.69) is 18.6 Å². The first-order valence-electron chi connectivity index (χ1n) is 9.80. The van der Waals surface area contributed by atoms with Crippen molar-refractivity contribution in [1.82, 2.24) is 9.62 Å². The first-order valence-corrected chi connectivity index (χ1v) is 11.7. The molecule has 8 heteroatoms. The number of sulfonamides is 1. The lowest BCUT2D eigenvalue weighted by molar-refractivity contribution is -0.136. The fourth-order valence-corrected chi connectivity index (χ4v) is 4.78. The highest BCUT2D eigenvalue weighted by Gasteiger charge is 2.38. The number of hydrogen-bond acceptors (Lipinski definition) is 4. The van der Waals surface area contributed by atoms with Crippen LogP contribution in [-0.2, 0) is 19.6 Å². The standard InChI is InChI=1S/C20H29N3O4S/c1-14(2)15-4-6-18(7-5-15)23-13-16(12-19(23)24)20(25)22-10-8-17(9-11-22)21-28(3,26)27/h4-7,14,16-17,21H,8-13H2,1-3H3. The van der Waals surface area contributed by atoms with E-state index < -0.39 is 10.0 Å². The van der Waals surface area contributed by atoms with Gasteiger partial charge in [-0.2, -0.15) is 0 Å². The van der Waals surface area contributed by atoms with Crippen molar-refractivity contribution in [1.29, 1.82) is 0 Å². The second kappa shape index (κ2) is 8.21. The quantitative estimate of drug-likeness (QED) is 0.805. The Labute approximate surface area is 167 Å². The van der Waals surface area contributed by atoms with Crippen molar-refractivity contribution in [2.24, 2.45) is 5.92 Å². The van der Waals surface area contributed by atoms with E-state index in [1.54, 1.807) is 9.80 Å². The van der Waals surface area contributed by atoms with Crippen molar-refractivity contribution in [3.05, 3.63) is 29.8 Å². The van der Waals surface area contributed by atoms with Gasteiger partial charge in [-0.05, 0) is 36.5 Å². The molecular formula is C20H29N3O4S. The Hall–Kier alpha value is -1.93. The zero-order valence-electron chi connectivity index (χ0n) is 16.7. The maximum atomic E-state index is 12.9. The fourth-order valence-electron chi connectivity index (χ4n) is 3.94. The normalized spacial score (nSPS) is 21.6. The van der Waals surface area contributed by atoms with Crippen LogP contribution in [0.1, 0.15) is 44.6 Å². The number of nitrogens with zero attached hydrogens (tertiary/aromatic N) is 2. The van der Waals surface area contributed by atoms with Crippen molar-refractivity contribution >= 4 is 27.5 Å². The topological polar surface area (TPSA) is 86.8 Å². The molecule has 1 N–H and O–H groups in total. The lowest BCUT2D eigenvalue weighted by Gasteiger charge is -2.33. The summed E-state index contributed by atoms with van der Waals surface area (Å²) in [5.41, 5.74) is 2.05. The molecule has 2 aliphatic heterocycles. The van der Waals surface area contributed by atoms with Crippen molar-refractivity contribution in [3.8, 4) is 0 Å². The minimum absolute atomic E-state index is 0.00699. The summed E-state index contributed by atoms with van der Waals surface area (Å²) in [6.45, 7) is 5.68. The molecule has 0 bridgehead atoms. The van der Waals surface area contributed by atoms with Gasteiger partial charge in [0.25, 0.3) is 0 Å². The van der Waals surface area contributed by atoms with Crippen LogP contribution in [0.3, 0.4) is 0 Å². The first kappa shape index (κ1) is 20.8. The van der Waals surface area contributed by atoms with Crippen LogP contribution in [-0.4, -0.2) is 57.1 Å². The van der Waals surface area contributed by atoms with Crippen LogP contribution in [0.15, 0.2) is 24.3 Å². The number of nitrogens with one attached hydrogen (secondary N) is 1. The fraction of sp³-hybridized carbons (Fsp3) is 0.600. The smallest absolute Gasteiger partial charge is 0.228 e. The minimum Gasteiger partial charge on any atom is -0.342 e. The molecule has 1 aromatic rings. The van der Waals surface area contributed by atoms with E-state index in [0.717, 1.165) is 11.9 Å². The molecule has 3 rings (SSSR count). The zero-order valence-corrected chi connectivity index (χ0v) is 17.5. The summed E-state index contributed by atoms with van der Waals surface area (Å²) in [6.07, 6.45) is 2.57. The van der Waals surface area contributed by atoms with Crippen LogP contribution in [0.5, 0.6) is 0 Å². The van der Waals surface area contributed by atoms with Gasteiger partial charge in [0.05, 0.1) is 12.2 Å². The van der Waals surface area contributed by atoms with Gasteiger partial charge in [0.15, 0.2) is 0 Å². The molecule has 1 aromatic carbocycles. The largest absolute Gasteiger partial charge is 0.342 e. The molecule has 1 atom stereocenters. The van der Waals surface area contributed by atoms with E-state index in [0.29, 0.717) is 38.4 Å². The number of amides is 2. The lowest BCUT2D eigenvalue weighted by atomic mass is 10.0. The average Bonchev–Trinajstić information content (AvgIpc) is 3.02. The molecule has 28 heavy (non-hydrogen) atoms. The van der Waals surface area contributed by atoms with Gasteiger partial charge in [-0.1, -0.05) is 26.0 Å². The third-order valence-electron chi connectivity index (χ3n) is 5.53. The van der Waals surface area contributed by atoms with Crippen LogP contribution in [0.25, 0.3) is 0 Å². The zero-order chi connectivity index (χ0) is 20.5. The van der Waals surface area contributed by atoms with E-state index in [-0.39, 0.29) is 30.2 Å². The van der Waals surface area contributed by atoms with Gasteiger partial charge in [-0.3, -0.25) is 9.59 Å². The molecule has 0 radical (unpaired) electrons. The van der Waals surface area contributed by atoms with Gasteiger partial charge in [-0.15, -0.1) is 0 Å². The van der Waals surface area contributed by atoms with Crippen LogP contribution in [0, 0.1) is 5.92 Å². The third kappa shape index (κ3) is 4.91. The molecule has 2 saturated heterocycles. The highest BCUT2D eigenvalue weighted by Crippen LogP contribution is 2.28. The number of hydrogen-bond donors (Lipinski definition) is 1. The second-order valence-corrected chi connectivity index (χ2v) is 9.92. The van der Waals surface area contributed by atoms with Crippen molar-refractivity contribution in [2.45, 2.75) is 45.1 Å². The molecule has 154 valence electrons. The lowest BCUT2D eigenvalue weighted by Crippen LogP contribution is -2.48. The Balaban J connectivity index is 1.58. The number of anilines is 1. The van der Waals surface area contributed by atoms with Gasteiger partial charge in [-0.25, -0.2) is 13.1 Å². The third-order valence-corrected chi connectivity index (χ3v) is 6.29. The van der Waals surface area contributed by atoms with Gasteiger partial charge in [0.2, 0.25) is 21.8 Å². The monoisotopic (exact) mass is 407 g/mol. The molecule has 7 nitrogen and oxygen atoms in total. The highest BCUT2D eigenvalue weighted by molar-refractivity contribution is 7.88. The Morgan fingerprint density at radius 1 is 1.14 bits per heavy atom. The van der Waals surface area contributed by atoms with Crippen LogP contribution < -0.4 is 9.62 Å². The highest BCUT2D eigenvalue weighted by atomic mass is 32.2. The molecular weight excluding hydrogens is 378 g/mol. The summed E-state index contributed by atoms with van der Waals surface area (Å²) in [6, 6.07) is 7.83. The van der Waals surface area contributed by atoms with Gasteiger partial charge >= 0.3 is 0 Å². The Morgan fingerprint density at radius 3 is 2.29 bits per heavy atom. The SMILES string of the molecule is CC(C)c1ccc(N2CC(C(=O)N3CCC(NS(C)(=O)=O)CC3)CC2=O)cc1. The Morgan fingerprint density at radius 2 is 1.75 bits per heavy atom. The van der Waals surface area contributed by atoms with Crippen molar-refractivity contribution in [3.63, 3.8) is 0 Å². The maximum Gasteiger partial charge on any atom is 0.228 e. The summed E-state index contributed by atoms with van der Waals surface area (Å²) in [4.78, 5) is 28.8. The summed E-state index contributed by atoms with van der Waals surface area (Å²) in [7, 11) is -3.24. The molecule has 2 fully saturated rings. The van der Waals surface area contributed by atoms with E-state index in [9.17, 15) is 18.0 Å². The molecule has 2 heterocycles. The van der Waals surface area contributed by atoms with E-state index in [4.69, 9.17) is 0 Å². The number of rotatable bonds is 5. The molecule has 2 amide bonds. The minimum atomic E-state index is -3.24. The van der Waals surface area contributed by atoms with E-state index >= 15 is 0 Å². The molecule has 0 saturated carbocycles. The Bertz CT molecular complexity index is 828. The summed E-state index contributed by atoms with van der Waals surface area (Å²) in [5, 5.41) is 0. The average molecular weight is 408 g/mol. The van der Waals surface area contributed by atoms with Crippen molar-refractivity contribution in [2.75, 3.05) is 30.8 Å². The van der Waals surface area contributed by atoms with Gasteiger partial charge in [0, 0.05) is 37.8 Å². The number of likely N-dealkylation sites (tertiary alicyclic amines) is 1. The first-order chi connectivity index (χ1) is 13.1. The van der Waals surface area contributed by atoms with Gasteiger partial charge in [0.1, 0.15) is 0 Å². The maximum absolute atomic E-state index is 12.9. The summed E-state index contributed by atoms with van der Waals surface area (Å²) < 4.78 is 25.3. The molecule has 2 aliphatic rings. The molecule has 0 aromatic heterocycles. The summed E-state index contributed by atoms with van der Waals surface area (Å²) >= 11 is 0. The Kier molecular flexibility index (Phi) is 6.09. The predicted octanol–water partition coefficient (Wildman–Crippen LogP) is 1.70. The van der Waals surface area contributed by atoms with E-state index in [1.807, 2.05) is 24.3 Å². The van der Waals surface area contributed by atoms with E-state index in [1.165, 1.54) is 5.56 Å². The summed E-state index contributed by atoms with van der Waals surface area (Å²) in [5.74, 6) is 0.0613. The predicted molar refractivity (Wildman–Crippen MR) is 109 cm³/mol. The second-order valence-electron chi connectivity index (χ2n) is 8.14. The van der Waals surface area contributed by atoms with Crippen LogP contribution in [0.2, 0.25) is 0 Å². The molecule has 0 aliphatic carbocycles. The molecule has 1 unspecified atom stereocenters. The number of benzene rings is 1. The molecule has 0 spiro atoms. The number of piperidine rings is 1. The van der Waals surface area contributed by atoms with Gasteiger partial charge < -0.3 is 9.80 Å². The van der Waals surface area contributed by atoms with Crippen LogP contribution >= 0.6 is 0 Å². The number of carbonyl (C=O) groups is 2. The number of carbonyl (C=O) groups excluding carboxylic acids is 2. The van der Waals surface area contributed by atoms with Crippen molar-refractivity contribution < 1.29 is 18.0 Å². The van der Waals surface area contributed by atoms with Crippen LogP contribution in [0.4, 0.5) is 5.69 Å².